The number of nitrogens with zero attached hydrogens (tertiary/aromatic N) is 2. The largest absolute Gasteiger partial charge is 0.465 e. The van der Waals surface area contributed by atoms with Crippen LogP contribution in [-0.4, -0.2) is 27.6 Å². The van der Waals surface area contributed by atoms with E-state index in [0.29, 0.717) is 13.0 Å². The van der Waals surface area contributed by atoms with E-state index in [0.717, 1.165) is 11.3 Å². The Labute approximate surface area is 93.2 Å². The molecule has 0 radical (unpaired) electrons. The Morgan fingerprint density at radius 3 is 3.06 bits per heavy atom. The summed E-state index contributed by atoms with van der Waals surface area (Å²) >= 11 is 0. The molecule has 3 N–H and O–H groups in total. The van der Waals surface area contributed by atoms with Crippen molar-refractivity contribution in [1.29, 1.82) is 0 Å². The summed E-state index contributed by atoms with van der Waals surface area (Å²) in [6, 6.07) is 3.32. The third-order valence-electron chi connectivity index (χ3n) is 2.62. The Morgan fingerprint density at radius 2 is 2.44 bits per heavy atom. The monoisotopic (exact) mass is 219 g/mol. The molecule has 0 spiro atoms. The summed E-state index contributed by atoms with van der Waals surface area (Å²) in [6.07, 6.45) is 4.75. The highest BCUT2D eigenvalue weighted by Gasteiger charge is 2.26. The van der Waals surface area contributed by atoms with E-state index in [1.54, 1.807) is 24.5 Å². The number of hydrogen-bond acceptors (Lipinski definition) is 3. The van der Waals surface area contributed by atoms with Gasteiger partial charge in [-0.05, 0) is 17.7 Å². The fraction of sp³-hybridized carbons (Fsp3) is 0.273. The van der Waals surface area contributed by atoms with E-state index < -0.39 is 6.09 Å². The average molecular weight is 219 g/mol. The Balaban J connectivity index is 2.35. The Kier molecular flexibility index (Phi) is 2.76. The number of pyridine rings is 1. The van der Waals surface area contributed by atoms with Crippen molar-refractivity contribution < 1.29 is 9.90 Å². The standard InChI is InChI=1S/C11H13N3O2/c12-9-3-5-14(11(15)16)10(6-9)8-2-1-4-13-7-8/h1-2,4,6-7,10H,3,5,12H2,(H,15,16). The fourth-order valence-corrected chi connectivity index (χ4v) is 1.81. The molecule has 0 saturated carbocycles. The minimum absolute atomic E-state index is 0.319. The minimum atomic E-state index is -0.933. The first-order chi connectivity index (χ1) is 7.68. The maximum Gasteiger partial charge on any atom is 0.408 e. The molecule has 5 nitrogen and oxygen atoms in total. The normalized spacial score (nSPS) is 20.4. The van der Waals surface area contributed by atoms with Crippen LogP contribution in [0.5, 0.6) is 0 Å². The number of carboxylic acid groups (broad SMARTS) is 1. The lowest BCUT2D eigenvalue weighted by Crippen LogP contribution is -2.37. The molecule has 0 aliphatic carbocycles. The molecule has 1 aliphatic heterocycles. The molecule has 1 unspecified atom stereocenters. The van der Waals surface area contributed by atoms with Crippen LogP contribution in [0.4, 0.5) is 4.79 Å². The summed E-state index contributed by atoms with van der Waals surface area (Å²) < 4.78 is 0. The molecule has 0 bridgehead atoms. The number of hydrogen-bond donors (Lipinski definition) is 2. The van der Waals surface area contributed by atoms with E-state index in [1.165, 1.54) is 4.90 Å². The highest BCUT2D eigenvalue weighted by Crippen LogP contribution is 2.26. The lowest BCUT2D eigenvalue weighted by atomic mass is 10.0. The number of carbonyl (C=O) groups is 1. The van der Waals surface area contributed by atoms with Crippen LogP contribution in [0.15, 0.2) is 36.3 Å². The van der Waals surface area contributed by atoms with Crippen LogP contribution in [0.1, 0.15) is 18.0 Å². The van der Waals surface area contributed by atoms with Crippen molar-refractivity contribution >= 4 is 6.09 Å². The molecule has 0 fully saturated rings. The lowest BCUT2D eigenvalue weighted by Gasteiger charge is -2.31. The smallest absolute Gasteiger partial charge is 0.408 e. The van der Waals surface area contributed by atoms with Gasteiger partial charge in [0.1, 0.15) is 0 Å². The van der Waals surface area contributed by atoms with Gasteiger partial charge in [-0.3, -0.25) is 9.88 Å². The van der Waals surface area contributed by atoms with Gasteiger partial charge in [0.25, 0.3) is 0 Å². The number of amides is 1. The summed E-state index contributed by atoms with van der Waals surface area (Å²) in [5, 5.41) is 9.09. The van der Waals surface area contributed by atoms with Crippen molar-refractivity contribution in [3.05, 3.63) is 41.9 Å². The van der Waals surface area contributed by atoms with Crippen molar-refractivity contribution in [3.8, 4) is 0 Å². The van der Waals surface area contributed by atoms with Gasteiger partial charge in [-0.15, -0.1) is 0 Å². The second-order valence-electron chi connectivity index (χ2n) is 3.70. The van der Waals surface area contributed by atoms with Crippen LogP contribution in [0.2, 0.25) is 0 Å². The zero-order valence-electron chi connectivity index (χ0n) is 8.71. The zero-order valence-corrected chi connectivity index (χ0v) is 8.71. The van der Waals surface area contributed by atoms with Crippen LogP contribution in [0, 0.1) is 0 Å². The van der Waals surface area contributed by atoms with Gasteiger partial charge in [-0.25, -0.2) is 4.79 Å². The first-order valence-electron chi connectivity index (χ1n) is 5.04. The van der Waals surface area contributed by atoms with Crippen molar-refractivity contribution in [3.63, 3.8) is 0 Å². The topological polar surface area (TPSA) is 79.5 Å². The van der Waals surface area contributed by atoms with E-state index >= 15 is 0 Å². The highest BCUT2D eigenvalue weighted by molar-refractivity contribution is 5.66. The molecule has 1 aromatic heterocycles. The molecule has 0 saturated heterocycles. The quantitative estimate of drug-likeness (QED) is 0.747. The molecular weight excluding hydrogens is 206 g/mol. The number of aromatic nitrogens is 1. The molecule has 5 heteroatoms. The Morgan fingerprint density at radius 1 is 1.62 bits per heavy atom. The summed E-state index contributed by atoms with van der Waals surface area (Å²) in [6.45, 7) is 0.428. The molecule has 16 heavy (non-hydrogen) atoms. The highest BCUT2D eigenvalue weighted by atomic mass is 16.4. The summed E-state index contributed by atoms with van der Waals surface area (Å²) in [5.74, 6) is 0. The third-order valence-corrected chi connectivity index (χ3v) is 2.62. The first-order valence-corrected chi connectivity index (χ1v) is 5.04. The van der Waals surface area contributed by atoms with Gasteiger partial charge in [0.15, 0.2) is 0 Å². The van der Waals surface area contributed by atoms with Crippen LogP contribution < -0.4 is 5.73 Å². The predicted octanol–water partition coefficient (Wildman–Crippen LogP) is 1.35. The van der Waals surface area contributed by atoms with Crippen LogP contribution in [0.25, 0.3) is 0 Å². The van der Waals surface area contributed by atoms with Gasteiger partial charge >= 0.3 is 6.09 Å². The van der Waals surface area contributed by atoms with E-state index in [2.05, 4.69) is 4.98 Å². The van der Waals surface area contributed by atoms with Gasteiger partial charge in [0.05, 0.1) is 6.04 Å². The maximum atomic E-state index is 11.1. The summed E-state index contributed by atoms with van der Waals surface area (Å²) in [4.78, 5) is 16.4. The van der Waals surface area contributed by atoms with Crippen LogP contribution in [0.3, 0.4) is 0 Å². The van der Waals surface area contributed by atoms with Crippen molar-refractivity contribution in [2.75, 3.05) is 6.54 Å². The lowest BCUT2D eigenvalue weighted by molar-refractivity contribution is 0.131. The second-order valence-corrected chi connectivity index (χ2v) is 3.70. The van der Waals surface area contributed by atoms with Crippen molar-refractivity contribution in [2.45, 2.75) is 12.5 Å². The SMILES string of the molecule is NC1=CC(c2cccnc2)N(C(=O)O)CC1. The van der Waals surface area contributed by atoms with E-state index in [1.807, 2.05) is 6.07 Å². The Bertz CT molecular complexity index is 416. The predicted molar refractivity (Wildman–Crippen MR) is 58.6 cm³/mol. The molecule has 0 aromatic carbocycles. The minimum Gasteiger partial charge on any atom is -0.465 e. The molecule has 1 amide bonds. The Hall–Kier alpha value is -2.04. The van der Waals surface area contributed by atoms with Gasteiger partial charge < -0.3 is 10.8 Å². The second kappa shape index (κ2) is 4.22. The molecule has 1 aromatic rings. The van der Waals surface area contributed by atoms with Crippen molar-refractivity contribution in [1.82, 2.24) is 9.88 Å². The zero-order chi connectivity index (χ0) is 11.5. The van der Waals surface area contributed by atoms with Gasteiger partial charge in [0.2, 0.25) is 0 Å². The van der Waals surface area contributed by atoms with Gasteiger partial charge in [-0.1, -0.05) is 6.07 Å². The van der Waals surface area contributed by atoms with Gasteiger partial charge in [0, 0.05) is 31.1 Å². The van der Waals surface area contributed by atoms with E-state index in [-0.39, 0.29) is 6.04 Å². The fourth-order valence-electron chi connectivity index (χ4n) is 1.81. The van der Waals surface area contributed by atoms with Crippen LogP contribution >= 0.6 is 0 Å². The first kappa shape index (κ1) is 10.5. The molecule has 84 valence electrons. The van der Waals surface area contributed by atoms with Crippen LogP contribution in [-0.2, 0) is 0 Å². The number of rotatable bonds is 1. The summed E-state index contributed by atoms with van der Waals surface area (Å²) in [7, 11) is 0. The number of nitrogens with two attached hydrogens (primary N) is 1. The average Bonchev–Trinajstić information content (AvgIpc) is 2.29. The van der Waals surface area contributed by atoms with Gasteiger partial charge in [-0.2, -0.15) is 0 Å². The molecular formula is C11H13N3O2. The molecule has 1 atom stereocenters. The van der Waals surface area contributed by atoms with Crippen molar-refractivity contribution in [2.24, 2.45) is 5.73 Å². The molecule has 2 heterocycles. The summed E-state index contributed by atoms with van der Waals surface area (Å²) in [5.41, 5.74) is 7.31. The van der Waals surface area contributed by atoms with E-state index in [4.69, 9.17) is 10.8 Å². The third kappa shape index (κ3) is 1.98. The molecule has 1 aliphatic rings. The van der Waals surface area contributed by atoms with E-state index in [9.17, 15) is 4.79 Å². The maximum absolute atomic E-state index is 11.1. The molecule has 2 rings (SSSR count).